The molecule has 0 atom stereocenters. The molecule has 0 aromatic heterocycles. The molecule has 0 aliphatic carbocycles. The van der Waals surface area contributed by atoms with Crippen molar-refractivity contribution in [2.24, 2.45) is 5.41 Å². The van der Waals surface area contributed by atoms with E-state index in [1.54, 1.807) is 0 Å². The van der Waals surface area contributed by atoms with Crippen molar-refractivity contribution in [1.82, 2.24) is 4.90 Å². The fraction of sp³-hybridized carbons (Fsp3) is 0.500. The van der Waals surface area contributed by atoms with Gasteiger partial charge in [-0.25, -0.2) is 0 Å². The molecule has 100 valence electrons. The molecular weight excluding hydrogens is 236 g/mol. The Bertz CT molecular complexity index is 486. The largest absolute Gasteiger partial charge is 0.339 e. The minimum atomic E-state index is 0.110. The van der Waals surface area contributed by atoms with Gasteiger partial charge in [-0.1, -0.05) is 26.0 Å². The van der Waals surface area contributed by atoms with E-state index in [1.165, 1.54) is 0 Å². The van der Waals surface area contributed by atoms with Crippen LogP contribution in [0, 0.1) is 16.7 Å². The molecule has 19 heavy (non-hydrogen) atoms. The highest BCUT2D eigenvalue weighted by molar-refractivity contribution is 5.94. The van der Waals surface area contributed by atoms with Crippen LogP contribution in [-0.2, 0) is 6.42 Å². The van der Waals surface area contributed by atoms with Gasteiger partial charge in [-0.05, 0) is 36.0 Å². The molecule has 1 aromatic rings. The molecule has 1 saturated heterocycles. The van der Waals surface area contributed by atoms with Gasteiger partial charge in [0, 0.05) is 18.7 Å². The van der Waals surface area contributed by atoms with Gasteiger partial charge < -0.3 is 4.90 Å². The topological polar surface area (TPSA) is 44.1 Å². The SMILES string of the molecule is CC1(C)CCN(C(=O)c2ccc(CC#N)cc2)CC1. The first-order valence-electron chi connectivity index (χ1n) is 6.77. The molecule has 2 rings (SSSR count). The number of likely N-dealkylation sites (tertiary alicyclic amines) is 1. The zero-order chi connectivity index (χ0) is 13.9. The van der Waals surface area contributed by atoms with Crippen LogP contribution in [0.1, 0.15) is 42.6 Å². The molecule has 0 saturated carbocycles. The molecule has 1 heterocycles. The second-order valence-corrected chi connectivity index (χ2v) is 5.99. The fourth-order valence-electron chi connectivity index (χ4n) is 2.35. The summed E-state index contributed by atoms with van der Waals surface area (Å²) >= 11 is 0. The minimum absolute atomic E-state index is 0.110. The maximum absolute atomic E-state index is 12.3. The standard InChI is InChI=1S/C16H20N2O/c1-16(2)8-11-18(12-9-16)15(19)14-5-3-13(4-6-14)7-10-17/h3-6H,7-9,11-12H2,1-2H3. The van der Waals surface area contributed by atoms with Crippen molar-refractivity contribution in [3.8, 4) is 6.07 Å². The van der Waals surface area contributed by atoms with Crippen LogP contribution < -0.4 is 0 Å². The third-order valence-electron chi connectivity index (χ3n) is 3.89. The quantitative estimate of drug-likeness (QED) is 0.816. The molecule has 0 N–H and O–H groups in total. The molecular formula is C16H20N2O. The van der Waals surface area contributed by atoms with Gasteiger partial charge in [-0.2, -0.15) is 5.26 Å². The molecule has 1 amide bonds. The van der Waals surface area contributed by atoms with E-state index < -0.39 is 0 Å². The van der Waals surface area contributed by atoms with Crippen molar-refractivity contribution in [1.29, 1.82) is 5.26 Å². The third-order valence-corrected chi connectivity index (χ3v) is 3.89. The smallest absolute Gasteiger partial charge is 0.253 e. The number of piperidine rings is 1. The highest BCUT2D eigenvalue weighted by atomic mass is 16.2. The number of rotatable bonds is 2. The van der Waals surface area contributed by atoms with E-state index in [0.29, 0.717) is 11.8 Å². The number of hydrogen-bond acceptors (Lipinski definition) is 2. The highest BCUT2D eigenvalue weighted by Crippen LogP contribution is 2.30. The second kappa shape index (κ2) is 5.44. The van der Waals surface area contributed by atoms with Crippen LogP contribution in [0.25, 0.3) is 0 Å². The van der Waals surface area contributed by atoms with E-state index in [2.05, 4.69) is 19.9 Å². The van der Waals surface area contributed by atoms with Crippen molar-refractivity contribution in [3.05, 3.63) is 35.4 Å². The number of carbonyl (C=O) groups is 1. The van der Waals surface area contributed by atoms with Crippen LogP contribution in [0.3, 0.4) is 0 Å². The summed E-state index contributed by atoms with van der Waals surface area (Å²) in [6.07, 6.45) is 2.52. The van der Waals surface area contributed by atoms with E-state index in [1.807, 2.05) is 29.2 Å². The first kappa shape index (κ1) is 13.6. The fourth-order valence-corrected chi connectivity index (χ4v) is 2.35. The van der Waals surface area contributed by atoms with Crippen LogP contribution in [-0.4, -0.2) is 23.9 Å². The van der Waals surface area contributed by atoms with Crippen LogP contribution in [0.5, 0.6) is 0 Å². The average Bonchev–Trinajstić information content (AvgIpc) is 2.39. The summed E-state index contributed by atoms with van der Waals surface area (Å²) in [7, 11) is 0. The first-order chi connectivity index (χ1) is 9.02. The normalized spacial score (nSPS) is 17.8. The summed E-state index contributed by atoms with van der Waals surface area (Å²) in [5, 5.41) is 8.63. The Morgan fingerprint density at radius 1 is 1.26 bits per heavy atom. The predicted molar refractivity (Wildman–Crippen MR) is 74.7 cm³/mol. The predicted octanol–water partition coefficient (Wildman–Crippen LogP) is 3.01. The highest BCUT2D eigenvalue weighted by Gasteiger charge is 2.28. The van der Waals surface area contributed by atoms with Crippen molar-refractivity contribution < 1.29 is 4.79 Å². The molecule has 0 radical (unpaired) electrons. The Kier molecular flexibility index (Phi) is 3.90. The number of hydrogen-bond donors (Lipinski definition) is 0. The molecule has 1 aliphatic heterocycles. The summed E-state index contributed by atoms with van der Waals surface area (Å²) < 4.78 is 0. The van der Waals surface area contributed by atoms with E-state index in [0.717, 1.165) is 37.1 Å². The van der Waals surface area contributed by atoms with E-state index in [-0.39, 0.29) is 5.91 Å². The molecule has 0 bridgehead atoms. The van der Waals surface area contributed by atoms with Gasteiger partial charge in [0.25, 0.3) is 5.91 Å². The summed E-state index contributed by atoms with van der Waals surface area (Å²) in [5.41, 5.74) is 2.04. The van der Waals surface area contributed by atoms with Crippen LogP contribution in [0.2, 0.25) is 0 Å². The molecule has 3 nitrogen and oxygen atoms in total. The van der Waals surface area contributed by atoms with E-state index in [4.69, 9.17) is 5.26 Å². The first-order valence-corrected chi connectivity index (χ1v) is 6.77. The van der Waals surface area contributed by atoms with Crippen molar-refractivity contribution in [3.63, 3.8) is 0 Å². The Morgan fingerprint density at radius 2 is 1.84 bits per heavy atom. The number of amides is 1. The number of benzene rings is 1. The number of nitrogens with zero attached hydrogens (tertiary/aromatic N) is 2. The van der Waals surface area contributed by atoms with Gasteiger partial charge in [0.05, 0.1) is 12.5 Å². The average molecular weight is 256 g/mol. The lowest BCUT2D eigenvalue weighted by molar-refractivity contribution is 0.0630. The molecule has 1 aromatic carbocycles. The molecule has 0 spiro atoms. The minimum Gasteiger partial charge on any atom is -0.339 e. The maximum Gasteiger partial charge on any atom is 0.253 e. The maximum atomic E-state index is 12.3. The van der Waals surface area contributed by atoms with E-state index in [9.17, 15) is 4.79 Å². The van der Waals surface area contributed by atoms with Crippen molar-refractivity contribution >= 4 is 5.91 Å². The third kappa shape index (κ3) is 3.35. The second-order valence-electron chi connectivity index (χ2n) is 5.99. The summed E-state index contributed by atoms with van der Waals surface area (Å²) in [6, 6.07) is 9.50. The summed E-state index contributed by atoms with van der Waals surface area (Å²) in [5.74, 6) is 0.110. The molecule has 3 heteroatoms. The van der Waals surface area contributed by atoms with E-state index >= 15 is 0 Å². The Balaban J connectivity index is 2.02. The van der Waals surface area contributed by atoms with Crippen LogP contribution in [0.4, 0.5) is 0 Å². The molecule has 0 unspecified atom stereocenters. The Morgan fingerprint density at radius 3 is 2.37 bits per heavy atom. The monoisotopic (exact) mass is 256 g/mol. The van der Waals surface area contributed by atoms with Gasteiger partial charge in [-0.15, -0.1) is 0 Å². The van der Waals surface area contributed by atoms with Gasteiger partial charge >= 0.3 is 0 Å². The number of nitriles is 1. The summed E-state index contributed by atoms with van der Waals surface area (Å²) in [4.78, 5) is 14.3. The lowest BCUT2D eigenvalue weighted by Gasteiger charge is -2.37. The number of carbonyl (C=O) groups excluding carboxylic acids is 1. The molecule has 1 fully saturated rings. The lowest BCUT2D eigenvalue weighted by atomic mass is 9.82. The summed E-state index contributed by atoms with van der Waals surface area (Å²) in [6.45, 7) is 6.19. The van der Waals surface area contributed by atoms with Gasteiger partial charge in [0.2, 0.25) is 0 Å². The zero-order valence-corrected chi connectivity index (χ0v) is 11.6. The Hall–Kier alpha value is -1.82. The lowest BCUT2D eigenvalue weighted by Crippen LogP contribution is -2.41. The van der Waals surface area contributed by atoms with Crippen molar-refractivity contribution in [2.75, 3.05) is 13.1 Å². The van der Waals surface area contributed by atoms with Gasteiger partial charge in [-0.3, -0.25) is 4.79 Å². The zero-order valence-electron chi connectivity index (χ0n) is 11.6. The van der Waals surface area contributed by atoms with Crippen LogP contribution in [0.15, 0.2) is 24.3 Å². The van der Waals surface area contributed by atoms with Crippen molar-refractivity contribution in [2.45, 2.75) is 33.1 Å². The van der Waals surface area contributed by atoms with Crippen LogP contribution >= 0.6 is 0 Å². The van der Waals surface area contributed by atoms with Gasteiger partial charge in [0.15, 0.2) is 0 Å². The Labute approximate surface area is 114 Å². The van der Waals surface area contributed by atoms with Gasteiger partial charge in [0.1, 0.15) is 0 Å². The molecule has 1 aliphatic rings.